The van der Waals surface area contributed by atoms with Gasteiger partial charge in [0.05, 0.1) is 5.25 Å². The highest BCUT2D eigenvalue weighted by molar-refractivity contribution is 8.00. The lowest BCUT2D eigenvalue weighted by Crippen LogP contribution is -2.25. The molecular formula is C24H25N3O3S. The fraction of sp³-hybridized carbons (Fsp3) is 0.292. The number of carbonyl (C=O) groups is 1. The Morgan fingerprint density at radius 3 is 2.81 bits per heavy atom. The van der Waals surface area contributed by atoms with Gasteiger partial charge in [-0.05, 0) is 44.5 Å². The van der Waals surface area contributed by atoms with E-state index in [9.17, 15) is 4.79 Å². The number of ketones is 1. The average molecular weight is 436 g/mol. The van der Waals surface area contributed by atoms with E-state index in [-0.39, 0.29) is 17.1 Å². The molecule has 1 aliphatic rings. The summed E-state index contributed by atoms with van der Waals surface area (Å²) in [6.45, 7) is 10.6. The number of benzene rings is 2. The molecule has 31 heavy (non-hydrogen) atoms. The van der Waals surface area contributed by atoms with Crippen molar-refractivity contribution in [3.63, 3.8) is 0 Å². The van der Waals surface area contributed by atoms with Crippen LogP contribution in [0.5, 0.6) is 11.5 Å². The van der Waals surface area contributed by atoms with Crippen molar-refractivity contribution in [3.8, 4) is 11.5 Å². The minimum absolute atomic E-state index is 0.0760. The summed E-state index contributed by atoms with van der Waals surface area (Å²) in [6, 6.07) is 13.5. The maximum Gasteiger partial charge on any atom is 0.192 e. The molecule has 0 bridgehead atoms. The number of hydrogen-bond acceptors (Lipinski definition) is 6. The maximum atomic E-state index is 13.1. The SMILES string of the molecule is C=CCn1c(SC(C)C(=O)c2cc(C)ccc2C)nnc1C1COc2ccccc2O1. The second-order valence-electron chi connectivity index (χ2n) is 7.55. The first-order chi connectivity index (χ1) is 15.0. The molecule has 2 unspecified atom stereocenters. The molecule has 1 aliphatic heterocycles. The average Bonchev–Trinajstić information content (AvgIpc) is 3.17. The Morgan fingerprint density at radius 2 is 2.03 bits per heavy atom. The van der Waals surface area contributed by atoms with Crippen molar-refractivity contribution >= 4 is 17.5 Å². The number of carbonyl (C=O) groups excluding carboxylic acids is 1. The fourth-order valence-electron chi connectivity index (χ4n) is 3.50. The fourth-order valence-corrected chi connectivity index (χ4v) is 4.44. The third kappa shape index (κ3) is 4.37. The number of hydrogen-bond donors (Lipinski definition) is 0. The van der Waals surface area contributed by atoms with Crippen LogP contribution in [0.1, 0.15) is 40.3 Å². The minimum Gasteiger partial charge on any atom is -0.485 e. The molecule has 0 saturated carbocycles. The van der Waals surface area contributed by atoms with Gasteiger partial charge in [-0.2, -0.15) is 0 Å². The highest BCUT2D eigenvalue weighted by Crippen LogP contribution is 2.36. The number of Topliss-reactive ketones (excluding diaryl/α,β-unsaturated/α-hetero) is 1. The Hall–Kier alpha value is -3.06. The summed E-state index contributed by atoms with van der Waals surface area (Å²) in [6.07, 6.45) is 1.40. The number of nitrogens with zero attached hydrogens (tertiary/aromatic N) is 3. The Labute approximate surface area is 186 Å². The Kier molecular flexibility index (Phi) is 6.13. The van der Waals surface area contributed by atoms with Gasteiger partial charge in [-0.15, -0.1) is 16.8 Å². The van der Waals surface area contributed by atoms with Crippen LogP contribution >= 0.6 is 11.8 Å². The topological polar surface area (TPSA) is 66.2 Å². The number of thioether (sulfide) groups is 1. The van der Waals surface area contributed by atoms with E-state index < -0.39 is 0 Å². The van der Waals surface area contributed by atoms with Gasteiger partial charge >= 0.3 is 0 Å². The lowest BCUT2D eigenvalue weighted by Gasteiger charge is -2.26. The largest absolute Gasteiger partial charge is 0.485 e. The van der Waals surface area contributed by atoms with Crippen LogP contribution in [0.2, 0.25) is 0 Å². The first-order valence-electron chi connectivity index (χ1n) is 10.2. The second-order valence-corrected chi connectivity index (χ2v) is 8.85. The predicted molar refractivity (Wildman–Crippen MR) is 121 cm³/mol. The van der Waals surface area contributed by atoms with Crippen LogP contribution in [0.4, 0.5) is 0 Å². The van der Waals surface area contributed by atoms with E-state index in [0.717, 1.165) is 22.4 Å². The van der Waals surface area contributed by atoms with E-state index in [0.29, 0.717) is 29.9 Å². The quantitative estimate of drug-likeness (QED) is 0.297. The predicted octanol–water partition coefficient (Wildman–Crippen LogP) is 4.96. The molecule has 0 fully saturated rings. The maximum absolute atomic E-state index is 13.1. The molecule has 4 rings (SSSR count). The molecule has 0 N–H and O–H groups in total. The van der Waals surface area contributed by atoms with E-state index in [1.165, 1.54) is 11.8 Å². The first kappa shape index (κ1) is 21.2. The summed E-state index contributed by atoms with van der Waals surface area (Å²) in [7, 11) is 0. The lowest BCUT2D eigenvalue weighted by atomic mass is 10.0. The van der Waals surface area contributed by atoms with Crippen LogP contribution < -0.4 is 9.47 Å². The molecule has 7 heteroatoms. The van der Waals surface area contributed by atoms with Gasteiger partial charge in [-0.3, -0.25) is 9.36 Å². The second kappa shape index (κ2) is 8.98. The van der Waals surface area contributed by atoms with Gasteiger partial charge in [-0.1, -0.05) is 47.7 Å². The molecule has 6 nitrogen and oxygen atoms in total. The molecule has 2 atom stereocenters. The van der Waals surface area contributed by atoms with Crippen LogP contribution in [0.15, 0.2) is 60.3 Å². The molecule has 0 saturated heterocycles. The van der Waals surface area contributed by atoms with Crippen molar-refractivity contribution in [1.82, 2.24) is 14.8 Å². The van der Waals surface area contributed by atoms with Gasteiger partial charge in [0, 0.05) is 12.1 Å². The number of aryl methyl sites for hydroxylation is 2. The van der Waals surface area contributed by atoms with Crippen molar-refractivity contribution in [1.29, 1.82) is 0 Å². The number of ether oxygens (including phenoxy) is 2. The molecule has 1 aromatic heterocycles. The molecule has 0 radical (unpaired) electrons. The number of fused-ring (bicyclic) bond motifs is 1. The molecule has 0 aliphatic carbocycles. The normalized spacial score (nSPS) is 16.0. The molecule has 0 spiro atoms. The zero-order chi connectivity index (χ0) is 22.0. The van der Waals surface area contributed by atoms with Crippen LogP contribution in [-0.2, 0) is 6.54 Å². The van der Waals surface area contributed by atoms with E-state index in [1.54, 1.807) is 6.08 Å². The molecule has 2 aromatic carbocycles. The van der Waals surface area contributed by atoms with Crippen molar-refractivity contribution in [2.45, 2.75) is 43.8 Å². The molecule has 2 heterocycles. The number of rotatable bonds is 7. The van der Waals surface area contributed by atoms with Gasteiger partial charge in [0.25, 0.3) is 0 Å². The summed E-state index contributed by atoms with van der Waals surface area (Å²) in [5.41, 5.74) is 2.79. The summed E-state index contributed by atoms with van der Waals surface area (Å²) in [5.74, 6) is 2.13. The van der Waals surface area contributed by atoms with Crippen molar-refractivity contribution in [2.24, 2.45) is 0 Å². The monoisotopic (exact) mass is 435 g/mol. The minimum atomic E-state index is -0.387. The first-order valence-corrected chi connectivity index (χ1v) is 11.1. The van der Waals surface area contributed by atoms with Gasteiger partial charge in [0.15, 0.2) is 34.4 Å². The smallest absolute Gasteiger partial charge is 0.192 e. The molecule has 0 amide bonds. The summed E-state index contributed by atoms with van der Waals surface area (Å²) in [5, 5.41) is 9.08. The van der Waals surface area contributed by atoms with Crippen molar-refractivity contribution in [2.75, 3.05) is 6.61 Å². The van der Waals surface area contributed by atoms with Gasteiger partial charge in [0.1, 0.15) is 6.61 Å². The van der Waals surface area contributed by atoms with Crippen LogP contribution in [-0.4, -0.2) is 32.4 Å². The van der Waals surface area contributed by atoms with Crippen molar-refractivity contribution in [3.05, 3.63) is 77.6 Å². The number of allylic oxidation sites excluding steroid dienone is 1. The zero-order valence-electron chi connectivity index (χ0n) is 17.9. The standard InChI is InChI=1S/C24H25N3O3S/c1-5-12-27-23(21-14-29-19-8-6-7-9-20(19)30-21)25-26-24(27)31-17(4)22(28)18-13-15(2)10-11-16(18)3/h5-11,13,17,21H,1,12,14H2,2-4H3. The van der Waals surface area contributed by atoms with E-state index in [1.807, 2.05) is 67.8 Å². The van der Waals surface area contributed by atoms with Gasteiger partial charge in [-0.25, -0.2) is 0 Å². The van der Waals surface area contributed by atoms with Gasteiger partial charge in [0.2, 0.25) is 0 Å². The number of aromatic nitrogens is 3. The van der Waals surface area contributed by atoms with E-state index in [2.05, 4.69) is 16.8 Å². The number of para-hydroxylation sites is 2. The van der Waals surface area contributed by atoms with E-state index >= 15 is 0 Å². The molecule has 160 valence electrons. The van der Waals surface area contributed by atoms with E-state index in [4.69, 9.17) is 9.47 Å². The summed E-state index contributed by atoms with van der Waals surface area (Å²) >= 11 is 1.39. The van der Waals surface area contributed by atoms with Crippen LogP contribution in [0.25, 0.3) is 0 Å². The highest BCUT2D eigenvalue weighted by atomic mass is 32.2. The van der Waals surface area contributed by atoms with Crippen molar-refractivity contribution < 1.29 is 14.3 Å². The lowest BCUT2D eigenvalue weighted by molar-refractivity contribution is 0.0821. The molecular weight excluding hydrogens is 410 g/mol. The summed E-state index contributed by atoms with van der Waals surface area (Å²) < 4.78 is 13.9. The Morgan fingerprint density at radius 1 is 1.26 bits per heavy atom. The van der Waals surface area contributed by atoms with Crippen LogP contribution in [0, 0.1) is 13.8 Å². The van der Waals surface area contributed by atoms with Gasteiger partial charge < -0.3 is 9.47 Å². The third-order valence-corrected chi connectivity index (χ3v) is 6.24. The highest BCUT2D eigenvalue weighted by Gasteiger charge is 2.29. The zero-order valence-corrected chi connectivity index (χ0v) is 18.7. The summed E-state index contributed by atoms with van der Waals surface area (Å²) in [4.78, 5) is 13.1. The third-order valence-electron chi connectivity index (χ3n) is 5.16. The van der Waals surface area contributed by atoms with Crippen LogP contribution in [0.3, 0.4) is 0 Å². The Balaban J connectivity index is 1.57. The Bertz CT molecular complexity index is 1130. The molecule has 3 aromatic rings.